The van der Waals surface area contributed by atoms with Crippen LogP contribution < -0.4 is 10.1 Å². The second kappa shape index (κ2) is 6.24. The van der Waals surface area contributed by atoms with Gasteiger partial charge in [0.25, 0.3) is 5.69 Å². The monoisotopic (exact) mass is 336 g/mol. The van der Waals surface area contributed by atoms with E-state index in [1.54, 1.807) is 12.1 Å². The predicted octanol–water partition coefficient (Wildman–Crippen LogP) is 4.82. The first-order valence-corrected chi connectivity index (χ1v) is 8.63. The average Bonchev–Trinajstić information content (AvgIpc) is 3.11. The number of para-hydroxylation sites is 2. The van der Waals surface area contributed by atoms with Gasteiger partial charge in [0.05, 0.1) is 28.8 Å². The Bertz CT molecular complexity index is 847. The molecule has 0 unspecified atom stereocenters. The van der Waals surface area contributed by atoms with Crippen molar-refractivity contribution in [2.45, 2.75) is 25.3 Å². The summed E-state index contributed by atoms with van der Waals surface area (Å²) in [5, 5.41) is 15.1. The lowest BCUT2D eigenvalue weighted by Crippen LogP contribution is -2.30. The topological polar surface area (TPSA) is 64.4 Å². The number of nitro benzene ring substituents is 1. The molecule has 1 aliphatic heterocycles. The molecule has 0 radical (unpaired) electrons. The maximum atomic E-state index is 11.5. The Labute approximate surface area is 146 Å². The first-order chi connectivity index (χ1) is 12.2. The van der Waals surface area contributed by atoms with E-state index in [4.69, 9.17) is 4.74 Å². The molecule has 0 spiro atoms. The molecular weight excluding hydrogens is 316 g/mol. The van der Waals surface area contributed by atoms with E-state index >= 15 is 0 Å². The molecule has 1 aliphatic carbocycles. The molecule has 2 aromatic rings. The third kappa shape index (κ3) is 2.56. The Morgan fingerprint density at radius 2 is 2.00 bits per heavy atom. The maximum absolute atomic E-state index is 11.5. The summed E-state index contributed by atoms with van der Waals surface area (Å²) in [6.07, 6.45) is 5.32. The van der Waals surface area contributed by atoms with Gasteiger partial charge in [-0.15, -0.1) is 0 Å². The minimum absolute atomic E-state index is 0.115. The summed E-state index contributed by atoms with van der Waals surface area (Å²) in [6, 6.07) is 13.0. The molecule has 4 rings (SSSR count). The Morgan fingerprint density at radius 1 is 1.20 bits per heavy atom. The number of nitrogens with zero attached hydrogens (tertiary/aromatic N) is 1. The van der Waals surface area contributed by atoms with Gasteiger partial charge < -0.3 is 10.1 Å². The summed E-state index contributed by atoms with van der Waals surface area (Å²) in [7, 11) is 0. The molecule has 3 atom stereocenters. The molecule has 0 saturated carbocycles. The zero-order valence-electron chi connectivity index (χ0n) is 14.0. The van der Waals surface area contributed by atoms with Gasteiger partial charge in [-0.1, -0.05) is 42.5 Å². The van der Waals surface area contributed by atoms with Crippen LogP contribution in [0.1, 0.15) is 36.4 Å². The molecule has 0 saturated heterocycles. The summed E-state index contributed by atoms with van der Waals surface area (Å²) >= 11 is 0. The van der Waals surface area contributed by atoms with Crippen LogP contribution in [0.25, 0.3) is 0 Å². The number of nitrogens with one attached hydrogen (secondary N) is 1. The molecule has 0 aromatic heterocycles. The van der Waals surface area contributed by atoms with Crippen LogP contribution in [0.3, 0.4) is 0 Å². The third-order valence-corrected chi connectivity index (χ3v) is 5.13. The van der Waals surface area contributed by atoms with Crippen molar-refractivity contribution < 1.29 is 9.66 Å². The maximum Gasteiger partial charge on any atom is 0.274 e. The van der Waals surface area contributed by atoms with E-state index in [1.165, 1.54) is 5.56 Å². The zero-order chi connectivity index (χ0) is 17.4. The van der Waals surface area contributed by atoms with Crippen LogP contribution in [-0.4, -0.2) is 11.5 Å². The molecule has 0 amide bonds. The van der Waals surface area contributed by atoms with E-state index in [1.807, 2.05) is 31.2 Å². The first-order valence-electron chi connectivity index (χ1n) is 8.63. The molecular formula is C20H20N2O3. The van der Waals surface area contributed by atoms with Gasteiger partial charge in [0, 0.05) is 12.0 Å². The number of hydrogen-bond donors (Lipinski definition) is 1. The fourth-order valence-corrected chi connectivity index (χ4v) is 4.09. The van der Waals surface area contributed by atoms with Gasteiger partial charge >= 0.3 is 0 Å². The second-order valence-electron chi connectivity index (χ2n) is 6.44. The first kappa shape index (κ1) is 15.7. The van der Waals surface area contributed by atoms with E-state index in [2.05, 4.69) is 23.5 Å². The van der Waals surface area contributed by atoms with Crippen molar-refractivity contribution in [1.82, 2.24) is 0 Å². The minimum Gasteiger partial charge on any atom is -0.492 e. The minimum atomic E-state index is -0.293. The van der Waals surface area contributed by atoms with Crippen LogP contribution in [0, 0.1) is 16.0 Å². The van der Waals surface area contributed by atoms with E-state index in [-0.39, 0.29) is 28.5 Å². The fourth-order valence-electron chi connectivity index (χ4n) is 4.09. The Morgan fingerprint density at radius 3 is 2.80 bits per heavy atom. The number of ether oxygens (including phenoxy) is 1. The number of allylic oxidation sites excluding steroid dienone is 2. The Kier molecular flexibility index (Phi) is 3.92. The Hall–Kier alpha value is -2.82. The SMILES string of the molecule is CCOc1cccc2c1N[C@H](c1ccccc1[N+](=O)[O-])[C@H]1CC=C[C@@H]21. The number of fused-ring (bicyclic) bond motifs is 3. The second-order valence-corrected chi connectivity index (χ2v) is 6.44. The normalized spacial score (nSPS) is 23.5. The standard InChI is InChI=1S/C20H20N2O3/c1-2-25-18-12-6-10-15-13-8-5-9-14(13)19(21-20(15)18)16-7-3-4-11-17(16)22(23)24/h3-8,10-14,19,21H,2,9H2,1H3/t13-,14+,19+/m1/s1. The fraction of sp³-hybridized carbons (Fsp3) is 0.300. The summed E-state index contributed by atoms with van der Waals surface area (Å²) in [5.41, 5.74) is 3.07. The van der Waals surface area contributed by atoms with Crippen molar-refractivity contribution >= 4 is 11.4 Å². The van der Waals surface area contributed by atoms with Crippen LogP contribution in [0.5, 0.6) is 5.75 Å². The molecule has 25 heavy (non-hydrogen) atoms. The Balaban J connectivity index is 1.83. The highest BCUT2D eigenvalue weighted by molar-refractivity contribution is 5.68. The third-order valence-electron chi connectivity index (χ3n) is 5.13. The van der Waals surface area contributed by atoms with Crippen LogP contribution in [0.15, 0.2) is 54.6 Å². The molecule has 1 heterocycles. The van der Waals surface area contributed by atoms with Crippen molar-refractivity contribution in [1.29, 1.82) is 0 Å². The lowest BCUT2D eigenvalue weighted by Gasteiger charge is -2.37. The van der Waals surface area contributed by atoms with Crippen molar-refractivity contribution in [3.05, 3.63) is 75.9 Å². The molecule has 2 aromatic carbocycles. The van der Waals surface area contributed by atoms with E-state index < -0.39 is 0 Å². The lowest BCUT2D eigenvalue weighted by molar-refractivity contribution is -0.385. The van der Waals surface area contributed by atoms with Gasteiger partial charge in [-0.05, 0) is 30.9 Å². The number of nitro groups is 1. The molecule has 0 fully saturated rings. The van der Waals surface area contributed by atoms with E-state index in [0.29, 0.717) is 6.61 Å². The van der Waals surface area contributed by atoms with E-state index in [9.17, 15) is 10.1 Å². The molecule has 5 heteroatoms. The summed E-state index contributed by atoms with van der Waals surface area (Å²) in [5.74, 6) is 1.33. The molecule has 0 bridgehead atoms. The van der Waals surface area contributed by atoms with Crippen LogP contribution in [0.4, 0.5) is 11.4 Å². The highest BCUT2D eigenvalue weighted by Gasteiger charge is 2.41. The highest BCUT2D eigenvalue weighted by atomic mass is 16.6. The number of rotatable bonds is 4. The van der Waals surface area contributed by atoms with Gasteiger partial charge in [-0.25, -0.2) is 0 Å². The highest BCUT2D eigenvalue weighted by Crippen LogP contribution is 2.53. The zero-order valence-corrected chi connectivity index (χ0v) is 14.0. The lowest BCUT2D eigenvalue weighted by atomic mass is 9.76. The average molecular weight is 336 g/mol. The van der Waals surface area contributed by atoms with Gasteiger partial charge in [-0.2, -0.15) is 0 Å². The van der Waals surface area contributed by atoms with Gasteiger partial charge in [0.2, 0.25) is 0 Å². The van der Waals surface area contributed by atoms with Gasteiger partial charge in [0.15, 0.2) is 0 Å². The van der Waals surface area contributed by atoms with Gasteiger partial charge in [0.1, 0.15) is 5.75 Å². The molecule has 2 aliphatic rings. The molecule has 128 valence electrons. The molecule has 1 N–H and O–H groups in total. The summed E-state index contributed by atoms with van der Waals surface area (Å²) < 4.78 is 5.79. The van der Waals surface area contributed by atoms with E-state index in [0.717, 1.165) is 23.4 Å². The number of anilines is 1. The van der Waals surface area contributed by atoms with Crippen molar-refractivity contribution in [3.63, 3.8) is 0 Å². The van der Waals surface area contributed by atoms with Crippen LogP contribution in [0.2, 0.25) is 0 Å². The van der Waals surface area contributed by atoms with Gasteiger partial charge in [-0.3, -0.25) is 10.1 Å². The molecule has 5 nitrogen and oxygen atoms in total. The predicted molar refractivity (Wildman–Crippen MR) is 97.1 cm³/mol. The number of hydrogen-bond acceptors (Lipinski definition) is 4. The smallest absolute Gasteiger partial charge is 0.274 e. The number of benzene rings is 2. The summed E-state index contributed by atoms with van der Waals surface area (Å²) in [6.45, 7) is 2.54. The van der Waals surface area contributed by atoms with Crippen LogP contribution >= 0.6 is 0 Å². The summed E-state index contributed by atoms with van der Waals surface area (Å²) in [4.78, 5) is 11.2. The van der Waals surface area contributed by atoms with Crippen LogP contribution in [-0.2, 0) is 0 Å². The quantitative estimate of drug-likeness (QED) is 0.494. The van der Waals surface area contributed by atoms with Crippen molar-refractivity contribution in [2.75, 3.05) is 11.9 Å². The van der Waals surface area contributed by atoms with Crippen molar-refractivity contribution in [2.24, 2.45) is 5.92 Å². The largest absolute Gasteiger partial charge is 0.492 e. The van der Waals surface area contributed by atoms with Crippen molar-refractivity contribution in [3.8, 4) is 5.75 Å².